The van der Waals surface area contributed by atoms with Crippen LogP contribution in [0.4, 0.5) is 28.0 Å². The summed E-state index contributed by atoms with van der Waals surface area (Å²) in [6, 6.07) is 6.88. The Hall–Kier alpha value is -4.24. The van der Waals surface area contributed by atoms with Crippen LogP contribution in [0.15, 0.2) is 42.5 Å². The molecule has 1 aliphatic rings. The first-order chi connectivity index (χ1) is 16.3. The highest BCUT2D eigenvalue weighted by Crippen LogP contribution is 2.38. The fourth-order valence-electron chi connectivity index (χ4n) is 3.52. The zero-order valence-electron chi connectivity index (χ0n) is 18.4. The predicted molar refractivity (Wildman–Crippen MR) is 114 cm³/mol. The largest absolute Gasteiger partial charge is 0.417 e. The number of amides is 4. The van der Waals surface area contributed by atoms with Crippen molar-refractivity contribution in [2.24, 2.45) is 0 Å². The van der Waals surface area contributed by atoms with Crippen molar-refractivity contribution < 1.29 is 37.2 Å². The molecule has 0 aromatic heterocycles. The number of carbonyl (C=O) groups is 3. The predicted octanol–water partition coefficient (Wildman–Crippen LogP) is 3.98. The molecule has 1 fully saturated rings. The minimum absolute atomic E-state index is 0.0133. The van der Waals surface area contributed by atoms with Gasteiger partial charge in [-0.15, -0.1) is 0 Å². The van der Waals surface area contributed by atoms with E-state index < -0.39 is 46.5 Å². The van der Waals surface area contributed by atoms with Crippen LogP contribution in [0.2, 0.25) is 0 Å². The van der Waals surface area contributed by atoms with Crippen LogP contribution in [0.5, 0.6) is 0 Å². The van der Waals surface area contributed by atoms with Crippen LogP contribution >= 0.6 is 0 Å². The molecule has 182 valence electrons. The van der Waals surface area contributed by atoms with Gasteiger partial charge in [0.1, 0.15) is 11.4 Å². The van der Waals surface area contributed by atoms with E-state index in [4.69, 9.17) is 10.5 Å². The molecule has 8 nitrogen and oxygen atoms in total. The Bertz CT molecular complexity index is 1280. The average molecular weight is 490 g/mol. The third-order valence-electron chi connectivity index (χ3n) is 5.44. The fourth-order valence-corrected chi connectivity index (χ4v) is 3.52. The lowest BCUT2D eigenvalue weighted by atomic mass is 10.0. The summed E-state index contributed by atoms with van der Waals surface area (Å²) in [4.78, 5) is 38.9. The van der Waals surface area contributed by atoms with E-state index in [0.29, 0.717) is 11.0 Å². The summed E-state index contributed by atoms with van der Waals surface area (Å²) >= 11 is 0. The first-order valence-corrected chi connectivity index (χ1v) is 9.99. The van der Waals surface area contributed by atoms with Gasteiger partial charge in [0.25, 0.3) is 11.8 Å². The van der Waals surface area contributed by atoms with Crippen LogP contribution < -0.4 is 10.4 Å². The molecule has 0 unspecified atom stereocenters. The molecule has 0 spiro atoms. The Morgan fingerprint density at radius 1 is 1.20 bits per heavy atom. The molecule has 2 aromatic carbocycles. The lowest BCUT2D eigenvalue weighted by molar-refractivity contribution is -0.137. The number of nitrogens with one attached hydrogen (secondary N) is 1. The van der Waals surface area contributed by atoms with Gasteiger partial charge in [0.15, 0.2) is 0 Å². The smallest absolute Gasteiger partial charge is 0.305 e. The number of alkyl halides is 3. The van der Waals surface area contributed by atoms with Gasteiger partial charge in [0.2, 0.25) is 0 Å². The number of halogens is 4. The topological polar surface area (TPSA) is 114 Å². The van der Waals surface area contributed by atoms with Crippen molar-refractivity contribution in [2.75, 3.05) is 4.90 Å². The number of carbonyl (C=O) groups excluding carboxylic acids is 3. The molecule has 2 N–H and O–H groups in total. The van der Waals surface area contributed by atoms with Crippen LogP contribution in [-0.4, -0.2) is 33.5 Å². The molecular weight excluding hydrogens is 472 g/mol. The summed E-state index contributed by atoms with van der Waals surface area (Å²) in [6.07, 6.45) is -2.87. The lowest BCUT2D eigenvalue weighted by Gasteiger charge is -2.27. The highest BCUT2D eigenvalue weighted by Gasteiger charge is 2.52. The SMILES string of the molecule is CC1(C)C(=O)N(c2ccc(C#N)c(C(F)(F)F)c2)C(=O)N1Cc1ccc(/C=C/C(=O)NO)c(F)c1. The summed E-state index contributed by atoms with van der Waals surface area (Å²) < 4.78 is 54.6. The number of rotatable bonds is 5. The Morgan fingerprint density at radius 3 is 2.46 bits per heavy atom. The van der Waals surface area contributed by atoms with Crippen molar-refractivity contribution in [1.29, 1.82) is 5.26 Å². The third-order valence-corrected chi connectivity index (χ3v) is 5.44. The highest BCUT2D eigenvalue weighted by atomic mass is 19.4. The second kappa shape index (κ2) is 9.19. The molecule has 0 aliphatic carbocycles. The van der Waals surface area contributed by atoms with Crippen LogP contribution in [0, 0.1) is 17.1 Å². The molecule has 1 aliphatic heterocycles. The summed E-state index contributed by atoms with van der Waals surface area (Å²) in [5.41, 5.74) is -2.11. The maximum absolute atomic E-state index is 14.5. The number of hydrogen-bond acceptors (Lipinski definition) is 5. The fraction of sp³-hybridized carbons (Fsp3) is 0.217. The first-order valence-electron chi connectivity index (χ1n) is 9.99. The van der Waals surface area contributed by atoms with Gasteiger partial charge in [-0.2, -0.15) is 18.4 Å². The van der Waals surface area contributed by atoms with Gasteiger partial charge in [0, 0.05) is 18.2 Å². The summed E-state index contributed by atoms with van der Waals surface area (Å²) in [6.45, 7) is 2.57. The van der Waals surface area contributed by atoms with Crippen molar-refractivity contribution in [3.05, 3.63) is 70.5 Å². The van der Waals surface area contributed by atoms with Crippen molar-refractivity contribution in [3.8, 4) is 6.07 Å². The van der Waals surface area contributed by atoms with Gasteiger partial charge >= 0.3 is 12.2 Å². The first kappa shape index (κ1) is 25.4. The van der Waals surface area contributed by atoms with Crippen LogP contribution in [0.25, 0.3) is 6.08 Å². The van der Waals surface area contributed by atoms with E-state index in [0.717, 1.165) is 35.3 Å². The van der Waals surface area contributed by atoms with Gasteiger partial charge in [0.05, 0.1) is 22.9 Å². The molecule has 12 heteroatoms. The van der Waals surface area contributed by atoms with Crippen molar-refractivity contribution >= 4 is 29.6 Å². The van der Waals surface area contributed by atoms with E-state index in [-0.39, 0.29) is 23.4 Å². The number of anilines is 1. The second-order valence-electron chi connectivity index (χ2n) is 8.07. The van der Waals surface area contributed by atoms with Crippen molar-refractivity contribution in [3.63, 3.8) is 0 Å². The molecule has 3 rings (SSSR count). The standard InChI is InChI=1S/C23H18F4N4O4/c1-22(2)20(33)31(16-7-5-15(11-28)17(10-16)23(25,26)27)21(34)30(22)12-13-3-4-14(18(24)9-13)6-8-19(32)29-35/h3-10,35H,12H2,1-2H3,(H,29,32)/b8-6+. The van der Waals surface area contributed by atoms with Gasteiger partial charge in [-0.05, 0) is 49.8 Å². The van der Waals surface area contributed by atoms with E-state index in [1.165, 1.54) is 37.5 Å². The number of hydrogen-bond donors (Lipinski definition) is 2. The van der Waals surface area contributed by atoms with Crippen LogP contribution in [0.1, 0.15) is 36.1 Å². The number of imide groups is 1. The minimum atomic E-state index is -4.88. The summed E-state index contributed by atoms with van der Waals surface area (Å²) in [5.74, 6) is -2.41. The summed E-state index contributed by atoms with van der Waals surface area (Å²) in [5, 5.41) is 17.5. The number of urea groups is 1. The zero-order chi connectivity index (χ0) is 26.1. The van der Waals surface area contributed by atoms with Gasteiger partial charge in [-0.1, -0.05) is 12.1 Å². The Labute approximate surface area is 196 Å². The molecule has 0 saturated carbocycles. The monoisotopic (exact) mass is 490 g/mol. The molecule has 1 heterocycles. The molecule has 0 bridgehead atoms. The van der Waals surface area contributed by atoms with Gasteiger partial charge in [-0.25, -0.2) is 19.6 Å². The molecule has 2 aromatic rings. The zero-order valence-corrected chi connectivity index (χ0v) is 18.4. The third kappa shape index (κ3) is 4.85. The molecular formula is C23H18F4N4O4. The number of benzene rings is 2. The van der Waals surface area contributed by atoms with Crippen LogP contribution in [0.3, 0.4) is 0 Å². The van der Waals surface area contributed by atoms with E-state index in [1.54, 1.807) is 0 Å². The Morgan fingerprint density at radius 2 is 1.89 bits per heavy atom. The molecule has 4 amide bonds. The highest BCUT2D eigenvalue weighted by molar-refractivity contribution is 6.23. The number of nitriles is 1. The molecule has 0 radical (unpaired) electrons. The van der Waals surface area contributed by atoms with Gasteiger partial charge < -0.3 is 4.90 Å². The number of hydroxylamine groups is 1. The second-order valence-corrected chi connectivity index (χ2v) is 8.07. The maximum atomic E-state index is 14.5. The quantitative estimate of drug-likeness (QED) is 0.216. The average Bonchev–Trinajstić information content (AvgIpc) is 2.96. The summed E-state index contributed by atoms with van der Waals surface area (Å²) in [7, 11) is 0. The van der Waals surface area contributed by atoms with E-state index in [9.17, 15) is 31.9 Å². The van der Waals surface area contributed by atoms with Crippen LogP contribution in [-0.2, 0) is 22.3 Å². The molecule has 1 saturated heterocycles. The van der Waals surface area contributed by atoms with E-state index in [1.807, 2.05) is 0 Å². The molecule has 0 atom stereocenters. The maximum Gasteiger partial charge on any atom is 0.417 e. The van der Waals surface area contributed by atoms with E-state index >= 15 is 0 Å². The van der Waals surface area contributed by atoms with E-state index in [2.05, 4.69) is 0 Å². The number of nitrogens with zero attached hydrogens (tertiary/aromatic N) is 3. The lowest BCUT2D eigenvalue weighted by Crippen LogP contribution is -2.43. The van der Waals surface area contributed by atoms with Crippen molar-refractivity contribution in [2.45, 2.75) is 32.1 Å². The Balaban J connectivity index is 1.93. The van der Waals surface area contributed by atoms with Crippen molar-refractivity contribution in [1.82, 2.24) is 10.4 Å². The normalized spacial score (nSPS) is 15.6. The molecule has 35 heavy (non-hydrogen) atoms. The minimum Gasteiger partial charge on any atom is -0.305 e. The Kier molecular flexibility index (Phi) is 6.66. The van der Waals surface area contributed by atoms with Gasteiger partial charge in [-0.3, -0.25) is 14.8 Å².